The highest BCUT2D eigenvalue weighted by atomic mass is 32.2. The van der Waals surface area contributed by atoms with Gasteiger partial charge in [0.25, 0.3) is 0 Å². The lowest BCUT2D eigenvalue weighted by Gasteiger charge is -2.38. The van der Waals surface area contributed by atoms with Crippen LogP contribution in [0.25, 0.3) is 28.2 Å². The van der Waals surface area contributed by atoms with Gasteiger partial charge in [-0.3, -0.25) is 0 Å². The van der Waals surface area contributed by atoms with Crippen LogP contribution in [-0.4, -0.2) is 20.9 Å². The molecule has 2 N–H and O–H groups in total. The third-order valence-corrected chi connectivity index (χ3v) is 7.26. The fraction of sp³-hybridized carbons (Fsp3) is 0.280. The molecule has 0 aliphatic heterocycles. The third kappa shape index (κ3) is 2.96. The van der Waals surface area contributed by atoms with Crippen molar-refractivity contribution >= 4 is 17.4 Å². The number of hydrogen-bond donors (Lipinski definition) is 1. The van der Waals surface area contributed by atoms with Crippen molar-refractivity contribution in [3.63, 3.8) is 0 Å². The second-order valence-corrected chi connectivity index (χ2v) is 9.05. The van der Waals surface area contributed by atoms with Gasteiger partial charge in [0.1, 0.15) is 10.7 Å². The average Bonchev–Trinajstić information content (AvgIpc) is 3.15. The van der Waals surface area contributed by atoms with Crippen LogP contribution >= 0.6 is 11.8 Å². The molecule has 5 heteroatoms. The summed E-state index contributed by atoms with van der Waals surface area (Å²) in [6, 6.07) is 19.1. The van der Waals surface area contributed by atoms with Gasteiger partial charge in [0.2, 0.25) is 0 Å². The normalized spacial score (nSPS) is 15.3. The van der Waals surface area contributed by atoms with Crippen molar-refractivity contribution in [2.75, 3.05) is 6.26 Å². The molecular weight excluding hydrogens is 388 g/mol. The first-order chi connectivity index (χ1) is 14.5. The molecule has 0 radical (unpaired) electrons. The zero-order valence-corrected chi connectivity index (χ0v) is 18.5. The SMILES string of the molecule is CSc1nn2c(-c3ccccc3)c(-c3ccc(C4(N)CCC4)cc3)nc2c(C)c1C. The van der Waals surface area contributed by atoms with Crippen molar-refractivity contribution in [2.24, 2.45) is 5.73 Å². The lowest BCUT2D eigenvalue weighted by atomic mass is 9.72. The summed E-state index contributed by atoms with van der Waals surface area (Å²) in [7, 11) is 0. The molecular formula is C25H26N4S. The maximum atomic E-state index is 6.53. The fourth-order valence-electron chi connectivity index (χ4n) is 4.30. The van der Waals surface area contributed by atoms with Crippen molar-refractivity contribution in [3.05, 3.63) is 71.3 Å². The highest BCUT2D eigenvalue weighted by Gasteiger charge is 2.34. The van der Waals surface area contributed by atoms with Gasteiger partial charge in [0.05, 0.1) is 5.69 Å². The van der Waals surface area contributed by atoms with Gasteiger partial charge >= 0.3 is 0 Å². The number of aryl methyl sites for hydroxylation is 1. The van der Waals surface area contributed by atoms with E-state index in [1.54, 1.807) is 11.8 Å². The Kier molecular flexibility index (Phi) is 4.68. The van der Waals surface area contributed by atoms with Gasteiger partial charge in [-0.25, -0.2) is 9.50 Å². The molecule has 0 saturated heterocycles. The zero-order chi connectivity index (χ0) is 20.9. The summed E-state index contributed by atoms with van der Waals surface area (Å²) >= 11 is 1.67. The summed E-state index contributed by atoms with van der Waals surface area (Å²) in [6.45, 7) is 4.26. The second kappa shape index (κ2) is 7.25. The number of imidazole rings is 1. The molecule has 2 aromatic heterocycles. The van der Waals surface area contributed by atoms with Gasteiger partial charge in [-0.15, -0.1) is 11.8 Å². The molecule has 0 atom stereocenters. The summed E-state index contributed by atoms with van der Waals surface area (Å²) in [5.41, 5.74) is 15.1. The molecule has 0 unspecified atom stereocenters. The first-order valence-electron chi connectivity index (χ1n) is 10.4. The predicted molar refractivity (Wildman–Crippen MR) is 125 cm³/mol. The molecule has 1 fully saturated rings. The van der Waals surface area contributed by atoms with Gasteiger partial charge in [-0.2, -0.15) is 5.10 Å². The number of rotatable bonds is 4. The van der Waals surface area contributed by atoms with E-state index in [4.69, 9.17) is 15.8 Å². The minimum Gasteiger partial charge on any atom is -0.321 e. The van der Waals surface area contributed by atoms with Crippen LogP contribution in [0, 0.1) is 13.8 Å². The van der Waals surface area contributed by atoms with E-state index < -0.39 is 0 Å². The molecule has 2 aromatic carbocycles. The number of benzene rings is 2. The summed E-state index contributed by atoms with van der Waals surface area (Å²) in [4.78, 5) is 5.08. The van der Waals surface area contributed by atoms with Crippen LogP contribution < -0.4 is 5.73 Å². The van der Waals surface area contributed by atoms with E-state index in [0.717, 1.165) is 46.0 Å². The number of aromatic nitrogens is 3. The average molecular weight is 415 g/mol. The lowest BCUT2D eigenvalue weighted by molar-refractivity contribution is 0.253. The number of fused-ring (bicyclic) bond motifs is 1. The summed E-state index contributed by atoms with van der Waals surface area (Å²) in [5, 5.41) is 5.99. The van der Waals surface area contributed by atoms with Crippen LogP contribution in [0.5, 0.6) is 0 Å². The molecule has 2 heterocycles. The minimum atomic E-state index is -0.151. The first kappa shape index (κ1) is 19.3. The van der Waals surface area contributed by atoms with Crippen LogP contribution in [0.1, 0.15) is 36.0 Å². The maximum absolute atomic E-state index is 6.53. The second-order valence-electron chi connectivity index (χ2n) is 8.26. The van der Waals surface area contributed by atoms with Crippen LogP contribution in [-0.2, 0) is 5.54 Å². The Bertz CT molecular complexity index is 1220. The van der Waals surface area contributed by atoms with Crippen LogP contribution in [0.15, 0.2) is 59.6 Å². The fourth-order valence-corrected chi connectivity index (χ4v) is 4.93. The zero-order valence-electron chi connectivity index (χ0n) is 17.6. The van der Waals surface area contributed by atoms with Crippen molar-refractivity contribution in [1.29, 1.82) is 0 Å². The van der Waals surface area contributed by atoms with Gasteiger partial charge in [-0.05, 0) is 56.1 Å². The molecule has 4 nitrogen and oxygen atoms in total. The summed E-state index contributed by atoms with van der Waals surface area (Å²) in [5.74, 6) is 0. The van der Waals surface area contributed by atoms with Crippen molar-refractivity contribution < 1.29 is 0 Å². The molecule has 5 rings (SSSR count). The van der Waals surface area contributed by atoms with E-state index in [1.165, 1.54) is 23.1 Å². The Labute approximate surface area is 181 Å². The molecule has 1 saturated carbocycles. The highest BCUT2D eigenvalue weighted by molar-refractivity contribution is 7.98. The Morgan fingerprint density at radius 3 is 2.23 bits per heavy atom. The molecule has 152 valence electrons. The molecule has 4 aromatic rings. The molecule has 0 amide bonds. The predicted octanol–water partition coefficient (Wildman–Crippen LogP) is 5.74. The van der Waals surface area contributed by atoms with E-state index in [-0.39, 0.29) is 5.54 Å². The Hall–Kier alpha value is -2.63. The van der Waals surface area contributed by atoms with Crippen molar-refractivity contribution in [2.45, 2.75) is 43.7 Å². The monoisotopic (exact) mass is 414 g/mol. The maximum Gasteiger partial charge on any atom is 0.158 e. The molecule has 30 heavy (non-hydrogen) atoms. The smallest absolute Gasteiger partial charge is 0.158 e. The standard InChI is InChI=1S/C25H26N4S/c1-16-17(2)24(30-3)28-29-22(19-8-5-4-6-9-19)21(27-23(16)29)18-10-12-20(13-11-18)25(26)14-7-15-25/h4-6,8-13H,7,14-15,26H2,1-3H3. The number of nitrogens with zero attached hydrogens (tertiary/aromatic N) is 3. The molecule has 0 bridgehead atoms. The van der Waals surface area contributed by atoms with E-state index >= 15 is 0 Å². The van der Waals surface area contributed by atoms with E-state index in [0.29, 0.717) is 0 Å². The van der Waals surface area contributed by atoms with Gasteiger partial charge in [-0.1, -0.05) is 54.6 Å². The van der Waals surface area contributed by atoms with Crippen molar-refractivity contribution in [1.82, 2.24) is 14.6 Å². The molecule has 1 aliphatic rings. The van der Waals surface area contributed by atoms with E-state index in [9.17, 15) is 0 Å². The van der Waals surface area contributed by atoms with Gasteiger partial charge in [0, 0.05) is 16.7 Å². The van der Waals surface area contributed by atoms with Gasteiger partial charge in [0.15, 0.2) is 5.65 Å². The Balaban J connectivity index is 1.74. The van der Waals surface area contributed by atoms with Gasteiger partial charge < -0.3 is 5.73 Å². The Morgan fingerprint density at radius 1 is 0.933 bits per heavy atom. The topological polar surface area (TPSA) is 56.2 Å². The largest absolute Gasteiger partial charge is 0.321 e. The van der Waals surface area contributed by atoms with Crippen LogP contribution in [0.3, 0.4) is 0 Å². The highest BCUT2D eigenvalue weighted by Crippen LogP contribution is 2.40. The van der Waals surface area contributed by atoms with E-state index in [1.807, 2.05) is 10.6 Å². The third-order valence-electron chi connectivity index (χ3n) is 6.48. The quantitative estimate of drug-likeness (QED) is 0.433. The van der Waals surface area contributed by atoms with E-state index in [2.05, 4.69) is 68.6 Å². The number of nitrogens with two attached hydrogens (primary N) is 1. The van der Waals surface area contributed by atoms with Crippen molar-refractivity contribution in [3.8, 4) is 22.5 Å². The molecule has 1 aliphatic carbocycles. The number of hydrogen-bond acceptors (Lipinski definition) is 4. The lowest BCUT2D eigenvalue weighted by Crippen LogP contribution is -2.43. The number of thioether (sulfide) groups is 1. The first-order valence-corrected chi connectivity index (χ1v) is 11.6. The summed E-state index contributed by atoms with van der Waals surface area (Å²) < 4.78 is 2.02. The Morgan fingerprint density at radius 2 is 1.63 bits per heavy atom. The summed E-state index contributed by atoms with van der Waals surface area (Å²) in [6.07, 6.45) is 5.42. The minimum absolute atomic E-state index is 0.151. The van der Waals surface area contributed by atoms with Crippen LogP contribution in [0.2, 0.25) is 0 Å². The molecule has 0 spiro atoms. The van der Waals surface area contributed by atoms with Crippen LogP contribution in [0.4, 0.5) is 0 Å².